The largest absolute Gasteiger partial charge is 0.497 e. The van der Waals surface area contributed by atoms with Gasteiger partial charge in [0.15, 0.2) is 0 Å². The molecule has 0 aliphatic heterocycles. The molecule has 1 N–H and O–H groups in total. The zero-order valence-corrected chi connectivity index (χ0v) is 12.6. The number of carbonyl (C=O) groups is 1. The number of carbonyl (C=O) groups excluding carboxylic acids is 1. The second-order valence-corrected chi connectivity index (χ2v) is 5.21. The zero-order chi connectivity index (χ0) is 14.0. The van der Waals surface area contributed by atoms with E-state index in [9.17, 15) is 4.79 Å². The first-order chi connectivity index (χ1) is 9.01. The van der Waals surface area contributed by atoms with E-state index in [0.717, 1.165) is 21.5 Å². The molecule has 0 atom stereocenters. The number of nitrogens with zero attached hydrogens (tertiary/aromatic N) is 1. The van der Waals surface area contributed by atoms with Crippen LogP contribution in [0.2, 0.25) is 0 Å². The molecule has 0 aliphatic carbocycles. The fourth-order valence-electron chi connectivity index (χ4n) is 1.84. The predicted octanol–water partition coefficient (Wildman–Crippen LogP) is 3.36. The summed E-state index contributed by atoms with van der Waals surface area (Å²) in [6.45, 7) is 1.93. The molecule has 1 amide bonds. The Labute approximate surface area is 120 Å². The first kappa shape index (κ1) is 13.7. The Morgan fingerprint density at radius 1 is 1.37 bits per heavy atom. The summed E-state index contributed by atoms with van der Waals surface area (Å²) < 4.78 is 7.80. The molecule has 0 aliphatic rings. The van der Waals surface area contributed by atoms with Crippen LogP contribution in [0.5, 0.6) is 5.75 Å². The summed E-state index contributed by atoms with van der Waals surface area (Å²) in [5.74, 6) is 0.638. The van der Waals surface area contributed by atoms with Crippen LogP contribution in [-0.4, -0.2) is 17.6 Å². The summed E-state index contributed by atoms with van der Waals surface area (Å²) in [6, 6.07) is 7.33. The molecular formula is C14H15BrN2O2. The quantitative estimate of drug-likeness (QED) is 0.941. The molecule has 1 aromatic carbocycles. The molecule has 0 unspecified atom stereocenters. The normalized spacial score (nSPS) is 10.3. The number of aryl methyl sites for hydroxylation is 2. The highest BCUT2D eigenvalue weighted by Gasteiger charge is 2.12. The van der Waals surface area contributed by atoms with Crippen molar-refractivity contribution in [3.8, 4) is 5.75 Å². The van der Waals surface area contributed by atoms with E-state index in [-0.39, 0.29) is 5.91 Å². The van der Waals surface area contributed by atoms with Gasteiger partial charge in [0.25, 0.3) is 5.91 Å². The zero-order valence-electron chi connectivity index (χ0n) is 11.0. The lowest BCUT2D eigenvalue weighted by Crippen LogP contribution is -2.15. The van der Waals surface area contributed by atoms with Gasteiger partial charge in [-0.15, -0.1) is 0 Å². The molecule has 0 saturated carbocycles. The maximum Gasteiger partial charge on any atom is 0.272 e. The van der Waals surface area contributed by atoms with Gasteiger partial charge in [-0.05, 0) is 52.7 Å². The van der Waals surface area contributed by atoms with Gasteiger partial charge in [-0.2, -0.15) is 0 Å². The van der Waals surface area contributed by atoms with Crippen LogP contribution < -0.4 is 10.1 Å². The number of anilines is 1. The molecule has 19 heavy (non-hydrogen) atoms. The van der Waals surface area contributed by atoms with Crippen LogP contribution in [0.4, 0.5) is 5.69 Å². The molecule has 0 spiro atoms. The number of methoxy groups -OCH3 is 1. The highest BCUT2D eigenvalue weighted by Crippen LogP contribution is 2.22. The second kappa shape index (κ2) is 5.48. The van der Waals surface area contributed by atoms with Gasteiger partial charge < -0.3 is 14.6 Å². The number of benzene rings is 1. The Hall–Kier alpha value is -1.75. The number of rotatable bonds is 3. The average molecular weight is 323 g/mol. The summed E-state index contributed by atoms with van der Waals surface area (Å²) >= 11 is 3.35. The molecule has 2 aromatic rings. The third-order valence-electron chi connectivity index (χ3n) is 2.89. The van der Waals surface area contributed by atoms with Crippen molar-refractivity contribution in [1.82, 2.24) is 4.57 Å². The van der Waals surface area contributed by atoms with Crippen LogP contribution in [0.3, 0.4) is 0 Å². The molecule has 0 saturated heterocycles. The van der Waals surface area contributed by atoms with E-state index in [1.54, 1.807) is 17.7 Å². The van der Waals surface area contributed by atoms with Crippen molar-refractivity contribution in [3.63, 3.8) is 0 Å². The number of hydrogen-bond donors (Lipinski definition) is 1. The second-order valence-electron chi connectivity index (χ2n) is 4.29. The van der Waals surface area contributed by atoms with Crippen molar-refractivity contribution < 1.29 is 9.53 Å². The summed E-state index contributed by atoms with van der Waals surface area (Å²) in [7, 11) is 3.45. The van der Waals surface area contributed by atoms with Crippen LogP contribution in [0, 0.1) is 6.92 Å². The Kier molecular flexibility index (Phi) is 3.95. The summed E-state index contributed by atoms with van der Waals surface area (Å²) in [6.07, 6.45) is 1.84. The number of halogens is 1. The predicted molar refractivity (Wildman–Crippen MR) is 78.8 cm³/mol. The van der Waals surface area contributed by atoms with E-state index in [2.05, 4.69) is 21.2 Å². The van der Waals surface area contributed by atoms with Gasteiger partial charge in [-0.25, -0.2) is 0 Å². The van der Waals surface area contributed by atoms with Crippen LogP contribution in [0.1, 0.15) is 16.1 Å². The molecule has 0 radical (unpaired) electrons. The summed E-state index contributed by atoms with van der Waals surface area (Å²) in [5, 5.41) is 2.90. The van der Waals surface area contributed by atoms with Gasteiger partial charge in [0, 0.05) is 23.4 Å². The highest BCUT2D eigenvalue weighted by atomic mass is 79.9. The van der Waals surface area contributed by atoms with Crippen LogP contribution in [0.25, 0.3) is 0 Å². The molecule has 4 nitrogen and oxygen atoms in total. The minimum Gasteiger partial charge on any atom is -0.497 e. The number of ether oxygens (including phenoxy) is 1. The van der Waals surface area contributed by atoms with E-state index in [1.807, 2.05) is 38.4 Å². The maximum atomic E-state index is 12.2. The van der Waals surface area contributed by atoms with Crippen molar-refractivity contribution in [2.24, 2.45) is 7.05 Å². The van der Waals surface area contributed by atoms with E-state index in [1.165, 1.54) is 0 Å². The molecule has 100 valence electrons. The number of nitrogens with one attached hydrogen (secondary N) is 1. The molecule has 1 heterocycles. The van der Waals surface area contributed by atoms with Crippen LogP contribution in [-0.2, 0) is 7.05 Å². The van der Waals surface area contributed by atoms with Gasteiger partial charge in [0.2, 0.25) is 0 Å². The van der Waals surface area contributed by atoms with Gasteiger partial charge in [0.05, 0.1) is 7.11 Å². The summed E-state index contributed by atoms with van der Waals surface area (Å²) in [4.78, 5) is 12.2. The average Bonchev–Trinajstić information content (AvgIpc) is 2.71. The van der Waals surface area contributed by atoms with E-state index in [0.29, 0.717) is 5.69 Å². The lowest BCUT2D eigenvalue weighted by molar-refractivity contribution is 0.101. The van der Waals surface area contributed by atoms with Gasteiger partial charge in [-0.1, -0.05) is 0 Å². The number of aromatic nitrogens is 1. The maximum absolute atomic E-state index is 12.2. The van der Waals surface area contributed by atoms with Crippen molar-refractivity contribution >= 4 is 27.5 Å². The highest BCUT2D eigenvalue weighted by molar-refractivity contribution is 9.10. The van der Waals surface area contributed by atoms with Crippen LogP contribution in [0.15, 0.2) is 34.9 Å². The van der Waals surface area contributed by atoms with Crippen molar-refractivity contribution in [2.45, 2.75) is 6.92 Å². The molecule has 0 bridgehead atoms. The molecular weight excluding hydrogens is 308 g/mol. The fourth-order valence-corrected chi connectivity index (χ4v) is 2.36. The monoisotopic (exact) mass is 322 g/mol. The Bertz CT molecular complexity index is 620. The molecule has 0 fully saturated rings. The number of amides is 1. The standard InChI is InChI=1S/C14H15BrN2O2/c1-9-6-11(19-3)4-5-12(9)16-14(18)13-7-10(15)8-17(13)2/h4-8H,1-3H3,(H,16,18). The van der Waals surface area contributed by atoms with Crippen molar-refractivity contribution in [2.75, 3.05) is 12.4 Å². The first-order valence-corrected chi connectivity index (χ1v) is 6.58. The smallest absolute Gasteiger partial charge is 0.272 e. The third kappa shape index (κ3) is 2.98. The fraction of sp³-hybridized carbons (Fsp3) is 0.214. The molecule has 2 rings (SSSR count). The number of hydrogen-bond acceptors (Lipinski definition) is 2. The third-order valence-corrected chi connectivity index (χ3v) is 3.32. The molecule has 5 heteroatoms. The van der Waals surface area contributed by atoms with E-state index in [4.69, 9.17) is 4.74 Å². The topological polar surface area (TPSA) is 43.3 Å². The Balaban J connectivity index is 2.22. The Morgan fingerprint density at radius 3 is 2.63 bits per heavy atom. The lowest BCUT2D eigenvalue weighted by Gasteiger charge is -2.10. The minimum absolute atomic E-state index is 0.138. The van der Waals surface area contributed by atoms with Gasteiger partial charge in [-0.3, -0.25) is 4.79 Å². The van der Waals surface area contributed by atoms with Crippen molar-refractivity contribution in [3.05, 3.63) is 46.2 Å². The molecule has 1 aromatic heterocycles. The van der Waals surface area contributed by atoms with Gasteiger partial charge in [0.1, 0.15) is 11.4 Å². The SMILES string of the molecule is COc1ccc(NC(=O)c2cc(Br)cn2C)c(C)c1. The summed E-state index contributed by atoms with van der Waals surface area (Å²) in [5.41, 5.74) is 2.34. The van der Waals surface area contributed by atoms with Crippen molar-refractivity contribution in [1.29, 1.82) is 0 Å². The van der Waals surface area contributed by atoms with E-state index >= 15 is 0 Å². The van der Waals surface area contributed by atoms with Gasteiger partial charge >= 0.3 is 0 Å². The van der Waals surface area contributed by atoms with E-state index < -0.39 is 0 Å². The first-order valence-electron chi connectivity index (χ1n) is 5.79. The lowest BCUT2D eigenvalue weighted by atomic mass is 10.2. The Morgan fingerprint density at radius 2 is 2.11 bits per heavy atom. The minimum atomic E-state index is -0.138. The van der Waals surface area contributed by atoms with Crippen LogP contribution >= 0.6 is 15.9 Å².